The summed E-state index contributed by atoms with van der Waals surface area (Å²) in [6.45, 7) is 4.11. The number of pyridine rings is 1. The summed E-state index contributed by atoms with van der Waals surface area (Å²) in [5.74, 6) is 0.872. The van der Waals surface area contributed by atoms with Crippen LogP contribution in [0.2, 0.25) is 0 Å². The van der Waals surface area contributed by atoms with Crippen LogP contribution in [0.25, 0.3) is 0 Å². The van der Waals surface area contributed by atoms with Crippen LogP contribution in [0.15, 0.2) is 41.0 Å². The molecule has 0 aliphatic heterocycles. The Kier molecular flexibility index (Phi) is 3.87. The van der Waals surface area contributed by atoms with Gasteiger partial charge in [0.25, 0.3) is 0 Å². The summed E-state index contributed by atoms with van der Waals surface area (Å²) in [7, 11) is 0. The third-order valence-electron chi connectivity index (χ3n) is 2.80. The summed E-state index contributed by atoms with van der Waals surface area (Å²) >= 11 is 3.48. The van der Waals surface area contributed by atoms with Crippen molar-refractivity contribution < 1.29 is 0 Å². The van der Waals surface area contributed by atoms with Gasteiger partial charge in [-0.3, -0.25) is 0 Å². The lowest BCUT2D eigenvalue weighted by Crippen LogP contribution is -2.09. The first-order valence-electron chi connectivity index (χ1n) is 5.80. The van der Waals surface area contributed by atoms with Gasteiger partial charge >= 0.3 is 0 Å². The molecule has 3 N–H and O–H groups in total. The molecule has 2 aromatic rings. The van der Waals surface area contributed by atoms with E-state index in [1.807, 2.05) is 25.1 Å². The van der Waals surface area contributed by atoms with E-state index in [-0.39, 0.29) is 6.04 Å². The van der Waals surface area contributed by atoms with Crippen LogP contribution in [-0.2, 0) is 0 Å². The lowest BCUT2D eigenvalue weighted by molar-refractivity contribution is 0.871. The monoisotopic (exact) mass is 305 g/mol. The topological polar surface area (TPSA) is 50.9 Å². The largest absolute Gasteiger partial charge is 0.397 e. The SMILES string of the molecule is Cc1cc(N)cnc1NC(C)c1cccc(Br)c1. The van der Waals surface area contributed by atoms with Crippen molar-refractivity contribution in [3.8, 4) is 0 Å². The Labute approximate surface area is 116 Å². The molecular formula is C14H16BrN3. The van der Waals surface area contributed by atoms with Gasteiger partial charge in [0, 0.05) is 10.5 Å². The molecule has 0 spiro atoms. The van der Waals surface area contributed by atoms with E-state index in [9.17, 15) is 0 Å². The number of aromatic nitrogens is 1. The summed E-state index contributed by atoms with van der Waals surface area (Å²) in [6, 6.07) is 10.4. The minimum absolute atomic E-state index is 0.192. The van der Waals surface area contributed by atoms with E-state index in [1.165, 1.54) is 5.56 Å². The molecule has 94 valence electrons. The predicted octanol–water partition coefficient (Wildman–Crippen LogP) is 3.91. The highest BCUT2D eigenvalue weighted by molar-refractivity contribution is 9.10. The van der Waals surface area contributed by atoms with Crippen molar-refractivity contribution in [2.75, 3.05) is 11.1 Å². The second kappa shape index (κ2) is 5.40. The average Bonchev–Trinajstić information content (AvgIpc) is 2.32. The first kappa shape index (κ1) is 12.9. The van der Waals surface area contributed by atoms with E-state index in [2.05, 4.69) is 45.3 Å². The first-order valence-corrected chi connectivity index (χ1v) is 6.59. The van der Waals surface area contributed by atoms with Crippen molar-refractivity contribution in [2.45, 2.75) is 19.9 Å². The van der Waals surface area contributed by atoms with Crippen LogP contribution in [0.1, 0.15) is 24.1 Å². The fourth-order valence-corrected chi connectivity index (χ4v) is 2.23. The number of hydrogen-bond donors (Lipinski definition) is 2. The van der Waals surface area contributed by atoms with Crippen LogP contribution in [0.5, 0.6) is 0 Å². The molecule has 0 amide bonds. The molecular weight excluding hydrogens is 290 g/mol. The maximum atomic E-state index is 5.69. The van der Waals surface area contributed by atoms with Crippen LogP contribution in [0.4, 0.5) is 11.5 Å². The highest BCUT2D eigenvalue weighted by Gasteiger charge is 2.08. The summed E-state index contributed by atoms with van der Waals surface area (Å²) in [5.41, 5.74) is 8.64. The minimum Gasteiger partial charge on any atom is -0.397 e. The Morgan fingerprint density at radius 2 is 2.11 bits per heavy atom. The van der Waals surface area contributed by atoms with Gasteiger partial charge in [0.1, 0.15) is 5.82 Å². The molecule has 0 fully saturated rings. The number of nitrogens with one attached hydrogen (secondary N) is 1. The van der Waals surface area contributed by atoms with Crippen molar-refractivity contribution >= 4 is 27.4 Å². The minimum atomic E-state index is 0.192. The Morgan fingerprint density at radius 3 is 2.78 bits per heavy atom. The van der Waals surface area contributed by atoms with Gasteiger partial charge in [0.15, 0.2) is 0 Å². The smallest absolute Gasteiger partial charge is 0.129 e. The second-order valence-electron chi connectivity index (χ2n) is 4.36. The van der Waals surface area contributed by atoms with E-state index in [4.69, 9.17) is 5.73 Å². The molecule has 1 heterocycles. The summed E-state index contributed by atoms with van der Waals surface area (Å²) < 4.78 is 1.08. The van der Waals surface area contributed by atoms with E-state index in [1.54, 1.807) is 6.20 Å². The van der Waals surface area contributed by atoms with Crippen molar-refractivity contribution in [1.29, 1.82) is 0 Å². The zero-order chi connectivity index (χ0) is 13.1. The Balaban J connectivity index is 2.18. The van der Waals surface area contributed by atoms with Gasteiger partial charge in [0.05, 0.1) is 11.9 Å². The zero-order valence-corrected chi connectivity index (χ0v) is 12.0. The third kappa shape index (κ3) is 3.01. The maximum Gasteiger partial charge on any atom is 0.129 e. The van der Waals surface area contributed by atoms with Crippen LogP contribution in [0, 0.1) is 6.92 Å². The Bertz CT molecular complexity index is 554. The van der Waals surface area contributed by atoms with Crippen LogP contribution < -0.4 is 11.1 Å². The number of hydrogen-bond acceptors (Lipinski definition) is 3. The van der Waals surface area contributed by atoms with E-state index < -0.39 is 0 Å². The maximum absolute atomic E-state index is 5.69. The van der Waals surface area contributed by atoms with Crippen LogP contribution in [0.3, 0.4) is 0 Å². The van der Waals surface area contributed by atoms with Crippen molar-refractivity contribution in [3.63, 3.8) is 0 Å². The van der Waals surface area contributed by atoms with Crippen molar-refractivity contribution in [1.82, 2.24) is 4.98 Å². The molecule has 2 rings (SSSR count). The van der Waals surface area contributed by atoms with Crippen LogP contribution >= 0.6 is 15.9 Å². The number of rotatable bonds is 3. The molecule has 0 saturated carbocycles. The van der Waals surface area contributed by atoms with Gasteiger partial charge in [-0.1, -0.05) is 28.1 Å². The van der Waals surface area contributed by atoms with E-state index >= 15 is 0 Å². The molecule has 0 aliphatic rings. The molecule has 4 heteroatoms. The summed E-state index contributed by atoms with van der Waals surface area (Å²) in [6.07, 6.45) is 1.67. The number of halogens is 1. The van der Waals surface area contributed by atoms with Gasteiger partial charge in [-0.25, -0.2) is 4.98 Å². The molecule has 1 unspecified atom stereocenters. The lowest BCUT2D eigenvalue weighted by atomic mass is 10.1. The average molecular weight is 306 g/mol. The molecule has 18 heavy (non-hydrogen) atoms. The number of nitrogens with two attached hydrogens (primary N) is 1. The molecule has 0 bridgehead atoms. The van der Waals surface area contributed by atoms with Crippen LogP contribution in [-0.4, -0.2) is 4.98 Å². The first-order chi connectivity index (χ1) is 8.56. The highest BCUT2D eigenvalue weighted by atomic mass is 79.9. The standard InChI is InChI=1S/C14H16BrN3/c1-9-6-13(16)8-17-14(9)18-10(2)11-4-3-5-12(15)7-11/h3-8,10H,16H2,1-2H3,(H,17,18). The molecule has 0 saturated heterocycles. The number of benzene rings is 1. The predicted molar refractivity (Wildman–Crippen MR) is 79.6 cm³/mol. The molecule has 3 nitrogen and oxygen atoms in total. The quantitative estimate of drug-likeness (QED) is 0.904. The number of anilines is 2. The molecule has 1 atom stereocenters. The van der Waals surface area contributed by atoms with Gasteiger partial charge in [-0.2, -0.15) is 0 Å². The van der Waals surface area contributed by atoms with Crippen molar-refractivity contribution in [3.05, 3.63) is 52.1 Å². The Hall–Kier alpha value is -1.55. The fourth-order valence-electron chi connectivity index (χ4n) is 1.81. The highest BCUT2D eigenvalue weighted by Crippen LogP contribution is 2.23. The number of nitrogen functional groups attached to an aromatic ring is 1. The van der Waals surface area contributed by atoms with E-state index in [0.717, 1.165) is 15.9 Å². The Morgan fingerprint density at radius 1 is 1.33 bits per heavy atom. The van der Waals surface area contributed by atoms with Gasteiger partial charge in [-0.05, 0) is 43.2 Å². The molecule has 0 radical (unpaired) electrons. The van der Waals surface area contributed by atoms with E-state index in [0.29, 0.717) is 5.69 Å². The molecule has 0 aliphatic carbocycles. The molecule has 1 aromatic carbocycles. The van der Waals surface area contributed by atoms with Gasteiger partial charge in [-0.15, -0.1) is 0 Å². The third-order valence-corrected chi connectivity index (χ3v) is 3.29. The van der Waals surface area contributed by atoms with Gasteiger partial charge < -0.3 is 11.1 Å². The summed E-state index contributed by atoms with van der Waals surface area (Å²) in [4.78, 5) is 4.32. The summed E-state index contributed by atoms with van der Waals surface area (Å²) in [5, 5.41) is 3.39. The zero-order valence-electron chi connectivity index (χ0n) is 10.4. The normalized spacial score (nSPS) is 12.2. The fraction of sp³-hybridized carbons (Fsp3) is 0.214. The number of aryl methyl sites for hydroxylation is 1. The van der Waals surface area contributed by atoms with Gasteiger partial charge in [0.2, 0.25) is 0 Å². The lowest BCUT2D eigenvalue weighted by Gasteiger charge is -2.17. The molecule has 1 aromatic heterocycles. The second-order valence-corrected chi connectivity index (χ2v) is 5.27. The van der Waals surface area contributed by atoms with Crippen molar-refractivity contribution in [2.24, 2.45) is 0 Å². The number of nitrogens with zero attached hydrogens (tertiary/aromatic N) is 1.